The second-order valence-electron chi connectivity index (χ2n) is 4.95. The Bertz CT molecular complexity index is 1100. The standard InChI is InChI=1S/C9H6O2S.C7H2F4O5/c10-9-4-2-6-1-3-7(12)5-8(6)11-9;8-2-1(7(13)14)3(9)5(15-10)6(16-11)4(2)12/h1-5,12H;12H,(H,13,14). The van der Waals surface area contributed by atoms with Gasteiger partial charge >= 0.3 is 11.6 Å². The van der Waals surface area contributed by atoms with E-state index in [2.05, 4.69) is 22.5 Å². The Morgan fingerprint density at radius 3 is 2.21 bits per heavy atom. The SMILES string of the molecule is O=C(O)c1c(F)c(O)c(OF)c(OF)c1F.O=c1ccc2ccc(S)cc2o1. The van der Waals surface area contributed by atoms with Gasteiger partial charge in [-0.2, -0.15) is 0 Å². The molecule has 28 heavy (non-hydrogen) atoms. The van der Waals surface area contributed by atoms with Gasteiger partial charge in [0.15, 0.2) is 11.6 Å². The summed E-state index contributed by atoms with van der Waals surface area (Å²) in [4.78, 5) is 27.5. The molecule has 3 aromatic rings. The van der Waals surface area contributed by atoms with Gasteiger partial charge in [0.25, 0.3) is 11.5 Å². The monoisotopic (exact) mass is 420 g/mol. The lowest BCUT2D eigenvalue weighted by molar-refractivity contribution is -0.0444. The van der Waals surface area contributed by atoms with E-state index < -0.39 is 40.4 Å². The number of phenols is 1. The number of aromatic carboxylic acids is 1. The zero-order chi connectivity index (χ0) is 21.0. The summed E-state index contributed by atoms with van der Waals surface area (Å²) in [7, 11) is 0. The van der Waals surface area contributed by atoms with E-state index in [1.807, 2.05) is 12.1 Å². The zero-order valence-corrected chi connectivity index (χ0v) is 14.2. The topological polar surface area (TPSA) is 106 Å². The van der Waals surface area contributed by atoms with Crippen LogP contribution in [0.5, 0.6) is 17.2 Å². The molecule has 0 radical (unpaired) electrons. The first kappa shape index (κ1) is 20.9. The molecule has 0 saturated carbocycles. The van der Waals surface area contributed by atoms with Crippen molar-refractivity contribution in [1.82, 2.24) is 0 Å². The highest BCUT2D eigenvalue weighted by atomic mass is 32.1. The number of thiol groups is 1. The Morgan fingerprint density at radius 1 is 1.04 bits per heavy atom. The van der Waals surface area contributed by atoms with Crippen LogP contribution in [0.15, 0.2) is 44.4 Å². The van der Waals surface area contributed by atoms with Crippen molar-refractivity contribution in [3.05, 3.63) is 57.9 Å². The molecule has 0 atom stereocenters. The number of phenolic OH excluding ortho intramolecular Hbond substituents is 1. The van der Waals surface area contributed by atoms with Crippen molar-refractivity contribution >= 4 is 29.6 Å². The molecule has 0 fully saturated rings. The van der Waals surface area contributed by atoms with Gasteiger partial charge in [0, 0.05) is 25.4 Å². The summed E-state index contributed by atoms with van der Waals surface area (Å²) < 4.78 is 54.5. The average Bonchev–Trinajstić information content (AvgIpc) is 2.64. The van der Waals surface area contributed by atoms with E-state index in [1.54, 1.807) is 12.1 Å². The molecule has 0 saturated heterocycles. The number of carbonyl (C=O) groups is 1. The summed E-state index contributed by atoms with van der Waals surface area (Å²) in [5, 5.41) is 18.1. The van der Waals surface area contributed by atoms with E-state index in [-0.39, 0.29) is 5.63 Å². The van der Waals surface area contributed by atoms with Crippen molar-refractivity contribution in [3.8, 4) is 17.2 Å². The molecule has 0 amide bonds. The zero-order valence-electron chi connectivity index (χ0n) is 13.3. The predicted octanol–water partition coefficient (Wildman–Crippen LogP) is 3.98. The first-order valence-corrected chi connectivity index (χ1v) is 7.43. The van der Waals surface area contributed by atoms with Crippen LogP contribution >= 0.6 is 12.6 Å². The number of hydrogen-bond acceptors (Lipinski definition) is 7. The molecule has 0 bridgehead atoms. The van der Waals surface area contributed by atoms with Crippen LogP contribution in [0, 0.1) is 11.6 Å². The average molecular weight is 420 g/mol. The van der Waals surface area contributed by atoms with Crippen molar-refractivity contribution in [2.75, 3.05) is 0 Å². The Morgan fingerprint density at radius 2 is 1.64 bits per heavy atom. The van der Waals surface area contributed by atoms with Crippen molar-refractivity contribution in [2.24, 2.45) is 0 Å². The van der Waals surface area contributed by atoms with E-state index in [1.165, 1.54) is 6.07 Å². The van der Waals surface area contributed by atoms with E-state index in [0.717, 1.165) is 10.3 Å². The molecule has 3 rings (SSSR count). The molecule has 2 N–H and O–H groups in total. The van der Waals surface area contributed by atoms with Crippen LogP contribution in [0.1, 0.15) is 10.4 Å². The molecule has 0 aliphatic heterocycles. The highest BCUT2D eigenvalue weighted by Crippen LogP contribution is 2.43. The van der Waals surface area contributed by atoms with Crippen LogP contribution in [-0.4, -0.2) is 16.2 Å². The summed E-state index contributed by atoms with van der Waals surface area (Å²) in [6.45, 7) is 0. The molecule has 1 heterocycles. The second kappa shape index (κ2) is 8.52. The molecule has 1 aromatic heterocycles. The van der Waals surface area contributed by atoms with Gasteiger partial charge in [-0.25, -0.2) is 18.4 Å². The summed E-state index contributed by atoms with van der Waals surface area (Å²) in [6.07, 6.45) is 0. The lowest BCUT2D eigenvalue weighted by Crippen LogP contribution is -2.07. The largest absolute Gasteiger partial charge is 0.502 e. The summed E-state index contributed by atoms with van der Waals surface area (Å²) in [5.41, 5.74) is -1.46. The molecular formula is C16H8F4O7S. The number of fused-ring (bicyclic) bond motifs is 1. The normalized spacial score (nSPS) is 10.2. The molecule has 0 aliphatic rings. The highest BCUT2D eigenvalue weighted by molar-refractivity contribution is 7.80. The molecule has 0 aliphatic carbocycles. The molecule has 7 nitrogen and oxygen atoms in total. The number of carboxylic acids is 1. The maximum Gasteiger partial charge on any atom is 0.342 e. The van der Waals surface area contributed by atoms with Crippen LogP contribution in [0.25, 0.3) is 11.0 Å². The van der Waals surface area contributed by atoms with Crippen molar-refractivity contribution in [1.29, 1.82) is 0 Å². The molecule has 0 unspecified atom stereocenters. The lowest BCUT2D eigenvalue weighted by atomic mass is 10.1. The number of hydrogen-bond donors (Lipinski definition) is 3. The third-order valence-electron chi connectivity index (χ3n) is 3.24. The molecule has 12 heteroatoms. The van der Waals surface area contributed by atoms with Crippen LogP contribution in [0.3, 0.4) is 0 Å². The maximum absolute atomic E-state index is 13.1. The minimum atomic E-state index is -2.14. The molecule has 148 valence electrons. The van der Waals surface area contributed by atoms with Gasteiger partial charge < -0.3 is 14.6 Å². The predicted molar refractivity (Wildman–Crippen MR) is 88.2 cm³/mol. The molecular weight excluding hydrogens is 412 g/mol. The summed E-state index contributed by atoms with van der Waals surface area (Å²) in [5.74, 6) is -11.3. The van der Waals surface area contributed by atoms with Crippen LogP contribution in [0.4, 0.5) is 17.8 Å². The fraction of sp³-hybridized carbons (Fsp3) is 0. The van der Waals surface area contributed by atoms with Gasteiger partial charge in [-0.15, -0.1) is 12.6 Å². The van der Waals surface area contributed by atoms with Gasteiger partial charge in [0.05, 0.1) is 0 Å². The molecule has 2 aromatic carbocycles. The van der Waals surface area contributed by atoms with Crippen molar-refractivity contribution in [3.63, 3.8) is 0 Å². The first-order chi connectivity index (χ1) is 13.2. The van der Waals surface area contributed by atoms with Gasteiger partial charge in [0.2, 0.25) is 5.75 Å². The minimum absolute atomic E-state index is 0.332. The highest BCUT2D eigenvalue weighted by Gasteiger charge is 2.32. The van der Waals surface area contributed by atoms with E-state index >= 15 is 0 Å². The van der Waals surface area contributed by atoms with Gasteiger partial charge in [-0.3, -0.25) is 9.88 Å². The smallest absolute Gasteiger partial charge is 0.342 e. The van der Waals surface area contributed by atoms with Gasteiger partial charge in [-0.1, -0.05) is 6.07 Å². The quantitative estimate of drug-likeness (QED) is 0.334. The number of halogens is 4. The van der Waals surface area contributed by atoms with Crippen molar-refractivity contribution < 1.29 is 47.1 Å². The molecule has 0 spiro atoms. The third-order valence-corrected chi connectivity index (χ3v) is 3.52. The second-order valence-corrected chi connectivity index (χ2v) is 5.46. The van der Waals surface area contributed by atoms with Crippen LogP contribution < -0.4 is 15.5 Å². The Kier molecular flexibility index (Phi) is 6.36. The fourth-order valence-electron chi connectivity index (χ4n) is 2.01. The van der Waals surface area contributed by atoms with E-state index in [4.69, 9.17) is 14.6 Å². The number of aromatic hydroxyl groups is 1. The number of rotatable bonds is 3. The van der Waals surface area contributed by atoms with Crippen molar-refractivity contribution in [2.45, 2.75) is 4.90 Å². The lowest BCUT2D eigenvalue weighted by Gasteiger charge is -2.07. The minimum Gasteiger partial charge on any atom is -0.502 e. The number of carboxylic acid groups (broad SMARTS) is 1. The Hall–Kier alpha value is -3.41. The van der Waals surface area contributed by atoms with Gasteiger partial charge in [0.1, 0.15) is 11.1 Å². The third kappa shape index (κ3) is 4.11. The van der Waals surface area contributed by atoms with Gasteiger partial charge in [-0.05, 0) is 18.2 Å². The summed E-state index contributed by atoms with van der Waals surface area (Å²) >= 11 is 4.13. The van der Waals surface area contributed by atoms with E-state index in [0.29, 0.717) is 5.58 Å². The van der Waals surface area contributed by atoms with Crippen LogP contribution in [0.2, 0.25) is 0 Å². The van der Waals surface area contributed by atoms with Crippen LogP contribution in [-0.2, 0) is 0 Å². The van der Waals surface area contributed by atoms with E-state index in [9.17, 15) is 27.4 Å². The maximum atomic E-state index is 13.1. The fourth-order valence-corrected chi connectivity index (χ4v) is 2.20. The summed E-state index contributed by atoms with van der Waals surface area (Å²) in [6, 6.07) is 8.57. The first-order valence-electron chi connectivity index (χ1n) is 6.98. The number of benzene rings is 2. The Balaban J connectivity index is 0.000000207. The Labute approximate surface area is 157 Å².